The van der Waals surface area contributed by atoms with E-state index in [-0.39, 0.29) is 12.1 Å². The fourth-order valence-corrected chi connectivity index (χ4v) is 0.407. The lowest BCUT2D eigenvalue weighted by molar-refractivity contribution is -0.140. The van der Waals surface area contributed by atoms with Gasteiger partial charge in [-0.2, -0.15) is 0 Å². The topological polar surface area (TPSA) is 55.8 Å². The summed E-state index contributed by atoms with van der Waals surface area (Å²) in [6, 6.07) is 0. The molecule has 4 heteroatoms. The predicted molar refractivity (Wildman–Crippen MR) is 61.8 cm³/mol. The summed E-state index contributed by atoms with van der Waals surface area (Å²) in [5.74, 6) is -0.211. The first kappa shape index (κ1) is 19.9. The fourth-order valence-electron chi connectivity index (χ4n) is 0.407. The van der Waals surface area contributed by atoms with Gasteiger partial charge in [0.05, 0.1) is 6.61 Å². The summed E-state index contributed by atoms with van der Waals surface area (Å²) >= 11 is 0. The fraction of sp³-hybridized carbons (Fsp3) is 0.909. The molecule has 0 fully saturated rings. The standard InChI is InChI=1S/C4H8O2.C4H10O.C3H8O/c1-3-6-4(2)5;1-3-5-4-2;1-3(2)4/h3H2,1-2H3;3-4H2,1-2H3;3-4H,1-2H3. The van der Waals surface area contributed by atoms with Gasteiger partial charge in [-0.05, 0) is 34.6 Å². The van der Waals surface area contributed by atoms with Crippen LogP contribution in [0.3, 0.4) is 0 Å². The van der Waals surface area contributed by atoms with Gasteiger partial charge in [-0.25, -0.2) is 0 Å². The van der Waals surface area contributed by atoms with Crippen LogP contribution in [-0.4, -0.2) is 37.0 Å². The molecule has 0 amide bonds. The number of esters is 1. The highest BCUT2D eigenvalue weighted by Crippen LogP contribution is 1.69. The Bertz CT molecular complexity index is 108. The van der Waals surface area contributed by atoms with Crippen molar-refractivity contribution in [1.82, 2.24) is 0 Å². The maximum Gasteiger partial charge on any atom is 0.302 e. The van der Waals surface area contributed by atoms with Gasteiger partial charge in [0.1, 0.15) is 0 Å². The van der Waals surface area contributed by atoms with Gasteiger partial charge in [0.15, 0.2) is 0 Å². The van der Waals surface area contributed by atoms with Crippen molar-refractivity contribution in [3.63, 3.8) is 0 Å². The zero-order valence-corrected chi connectivity index (χ0v) is 10.9. The Morgan fingerprint density at radius 2 is 1.47 bits per heavy atom. The first-order valence-electron chi connectivity index (χ1n) is 5.31. The molecule has 0 aliphatic rings. The molecule has 0 saturated heterocycles. The first-order chi connectivity index (χ1) is 6.92. The van der Waals surface area contributed by atoms with Crippen molar-refractivity contribution in [3.8, 4) is 0 Å². The molecule has 0 aliphatic heterocycles. The highest BCUT2D eigenvalue weighted by molar-refractivity contribution is 5.65. The molecule has 1 N–H and O–H groups in total. The normalized spacial score (nSPS) is 8.27. The van der Waals surface area contributed by atoms with Crippen LogP contribution in [0.5, 0.6) is 0 Å². The molecule has 0 bridgehead atoms. The van der Waals surface area contributed by atoms with E-state index in [0.717, 1.165) is 13.2 Å². The number of aliphatic hydroxyl groups is 1. The van der Waals surface area contributed by atoms with E-state index in [1.807, 2.05) is 13.8 Å². The third-order valence-electron chi connectivity index (χ3n) is 0.756. The molecule has 4 nitrogen and oxygen atoms in total. The summed E-state index contributed by atoms with van der Waals surface area (Å²) in [6.07, 6.45) is -0.167. The average Bonchev–Trinajstić information content (AvgIpc) is 2.05. The van der Waals surface area contributed by atoms with Crippen LogP contribution in [0.2, 0.25) is 0 Å². The molecule has 0 aromatic carbocycles. The van der Waals surface area contributed by atoms with E-state index in [1.165, 1.54) is 6.92 Å². The Morgan fingerprint density at radius 1 is 1.13 bits per heavy atom. The van der Waals surface area contributed by atoms with Crippen molar-refractivity contribution in [2.24, 2.45) is 0 Å². The van der Waals surface area contributed by atoms with Crippen LogP contribution >= 0.6 is 0 Å². The number of aliphatic hydroxyl groups excluding tert-OH is 1. The highest BCUT2D eigenvalue weighted by Gasteiger charge is 1.81. The van der Waals surface area contributed by atoms with Crippen LogP contribution in [0, 0.1) is 0 Å². The van der Waals surface area contributed by atoms with Crippen LogP contribution in [0.15, 0.2) is 0 Å². The van der Waals surface area contributed by atoms with E-state index in [1.54, 1.807) is 20.8 Å². The molecule has 0 saturated carbocycles. The van der Waals surface area contributed by atoms with Gasteiger partial charge in [-0.1, -0.05) is 0 Å². The number of hydrogen-bond acceptors (Lipinski definition) is 4. The summed E-state index contributed by atoms with van der Waals surface area (Å²) in [4.78, 5) is 9.82. The largest absolute Gasteiger partial charge is 0.466 e. The highest BCUT2D eigenvalue weighted by atomic mass is 16.5. The van der Waals surface area contributed by atoms with Crippen LogP contribution in [0.4, 0.5) is 0 Å². The van der Waals surface area contributed by atoms with Gasteiger partial charge in [0.2, 0.25) is 0 Å². The third-order valence-corrected chi connectivity index (χ3v) is 0.756. The van der Waals surface area contributed by atoms with Gasteiger partial charge in [-0.3, -0.25) is 4.79 Å². The van der Waals surface area contributed by atoms with Crippen molar-refractivity contribution in [1.29, 1.82) is 0 Å². The number of hydrogen-bond donors (Lipinski definition) is 1. The van der Waals surface area contributed by atoms with E-state index < -0.39 is 0 Å². The molecule has 0 rings (SSSR count). The van der Waals surface area contributed by atoms with Crippen LogP contribution < -0.4 is 0 Å². The Kier molecular flexibility index (Phi) is 25.2. The molecule has 0 spiro atoms. The van der Waals surface area contributed by atoms with E-state index in [9.17, 15) is 4.79 Å². The van der Waals surface area contributed by atoms with Gasteiger partial charge in [0, 0.05) is 26.2 Å². The molecule has 0 heterocycles. The van der Waals surface area contributed by atoms with Crippen molar-refractivity contribution in [3.05, 3.63) is 0 Å². The predicted octanol–water partition coefficient (Wildman–Crippen LogP) is 2.00. The van der Waals surface area contributed by atoms with Crippen molar-refractivity contribution in [2.45, 2.75) is 47.6 Å². The molecule has 0 atom stereocenters. The maximum absolute atomic E-state index is 9.82. The molecule has 0 aliphatic carbocycles. The lowest BCUT2D eigenvalue weighted by Gasteiger charge is -1.89. The van der Waals surface area contributed by atoms with Gasteiger partial charge < -0.3 is 14.6 Å². The Hall–Kier alpha value is -0.610. The summed E-state index contributed by atoms with van der Waals surface area (Å²) in [7, 11) is 0. The van der Waals surface area contributed by atoms with E-state index in [2.05, 4.69) is 4.74 Å². The number of rotatable bonds is 3. The smallest absolute Gasteiger partial charge is 0.302 e. The number of ether oxygens (including phenoxy) is 2. The van der Waals surface area contributed by atoms with Gasteiger partial charge in [0.25, 0.3) is 0 Å². The second kappa shape index (κ2) is 19.0. The minimum atomic E-state index is -0.211. The van der Waals surface area contributed by atoms with E-state index in [4.69, 9.17) is 9.84 Å². The molecule has 0 radical (unpaired) electrons. The minimum Gasteiger partial charge on any atom is -0.466 e. The quantitative estimate of drug-likeness (QED) is 0.742. The van der Waals surface area contributed by atoms with Gasteiger partial charge >= 0.3 is 5.97 Å². The minimum absolute atomic E-state index is 0.167. The van der Waals surface area contributed by atoms with Gasteiger partial charge in [-0.15, -0.1) is 0 Å². The van der Waals surface area contributed by atoms with Crippen molar-refractivity contribution in [2.75, 3.05) is 19.8 Å². The molecule has 0 aromatic rings. The first-order valence-corrected chi connectivity index (χ1v) is 5.31. The zero-order valence-electron chi connectivity index (χ0n) is 10.9. The monoisotopic (exact) mass is 222 g/mol. The molecule has 15 heavy (non-hydrogen) atoms. The Morgan fingerprint density at radius 3 is 1.47 bits per heavy atom. The lowest BCUT2D eigenvalue weighted by atomic mass is 10.5. The van der Waals surface area contributed by atoms with E-state index in [0.29, 0.717) is 6.61 Å². The van der Waals surface area contributed by atoms with Crippen LogP contribution in [0.25, 0.3) is 0 Å². The summed E-state index contributed by atoms with van der Waals surface area (Å²) in [6.45, 7) is 12.8. The molecule has 0 unspecified atom stereocenters. The van der Waals surface area contributed by atoms with Crippen molar-refractivity contribution < 1.29 is 19.4 Å². The summed E-state index contributed by atoms with van der Waals surface area (Å²) in [5.41, 5.74) is 0. The van der Waals surface area contributed by atoms with Crippen LogP contribution in [-0.2, 0) is 14.3 Å². The Labute approximate surface area is 93.6 Å². The number of carbonyl (C=O) groups is 1. The zero-order chi connectivity index (χ0) is 12.7. The van der Waals surface area contributed by atoms with E-state index >= 15 is 0 Å². The molecular weight excluding hydrogens is 196 g/mol. The summed E-state index contributed by atoms with van der Waals surface area (Å²) in [5, 5.41) is 8.06. The lowest BCUT2D eigenvalue weighted by Crippen LogP contribution is -1.95. The second-order valence-corrected chi connectivity index (χ2v) is 2.80. The number of carbonyl (C=O) groups excluding carboxylic acids is 1. The van der Waals surface area contributed by atoms with Crippen molar-refractivity contribution >= 4 is 5.97 Å². The maximum atomic E-state index is 9.82. The molecule has 94 valence electrons. The molecule has 0 aromatic heterocycles. The second-order valence-electron chi connectivity index (χ2n) is 2.80. The summed E-state index contributed by atoms with van der Waals surface area (Å²) < 4.78 is 9.24. The van der Waals surface area contributed by atoms with Crippen LogP contribution in [0.1, 0.15) is 41.5 Å². The average molecular weight is 222 g/mol. The molecular formula is C11H26O4. The Balaban J connectivity index is -0.000000147. The SMILES string of the molecule is CC(C)O.CCOC(C)=O.CCOCC. The third kappa shape index (κ3) is 90.1.